The van der Waals surface area contributed by atoms with Crippen molar-refractivity contribution < 1.29 is 24.5 Å². The van der Waals surface area contributed by atoms with Crippen LogP contribution in [0.2, 0.25) is 0 Å². The summed E-state index contributed by atoms with van der Waals surface area (Å²) in [7, 11) is 1.62. The van der Waals surface area contributed by atoms with E-state index in [1.807, 2.05) is 54.6 Å². The van der Waals surface area contributed by atoms with Crippen molar-refractivity contribution in [2.45, 2.75) is 63.3 Å². The first-order valence-electron chi connectivity index (χ1n) is 13.9. The number of ether oxygens (including phenoxy) is 1. The van der Waals surface area contributed by atoms with Gasteiger partial charge in [-0.3, -0.25) is 9.36 Å². The van der Waals surface area contributed by atoms with Gasteiger partial charge in [0.15, 0.2) is 3.95 Å². The predicted molar refractivity (Wildman–Crippen MR) is 162 cm³/mol. The average molecular weight is 599 g/mol. The predicted octanol–water partition coefficient (Wildman–Crippen LogP) is 4.80. The van der Waals surface area contributed by atoms with Crippen LogP contribution in [0.5, 0.6) is 11.6 Å². The van der Waals surface area contributed by atoms with Crippen molar-refractivity contribution in [3.63, 3.8) is 0 Å². The first-order valence-corrected chi connectivity index (χ1v) is 15.2. The number of hydrogen-bond donors (Lipinski definition) is 4. The van der Waals surface area contributed by atoms with Gasteiger partial charge in [-0.05, 0) is 54.7 Å². The maximum absolute atomic E-state index is 13.5. The van der Waals surface area contributed by atoms with Crippen LogP contribution in [-0.4, -0.2) is 64.0 Å². The molecule has 11 heteroatoms. The third-order valence-corrected chi connectivity index (χ3v) is 8.62. The summed E-state index contributed by atoms with van der Waals surface area (Å²) in [5.74, 6) is 0.233. The number of benzene rings is 2. The molecule has 9 nitrogen and oxygen atoms in total. The third-order valence-electron chi connectivity index (χ3n) is 7.36. The van der Waals surface area contributed by atoms with Crippen LogP contribution >= 0.6 is 23.6 Å². The fourth-order valence-corrected chi connectivity index (χ4v) is 6.03. The summed E-state index contributed by atoms with van der Waals surface area (Å²) in [6, 6.07) is 16.0. The van der Waals surface area contributed by atoms with Crippen molar-refractivity contribution in [2.75, 3.05) is 20.2 Å². The molecular formula is C30H38N4O5S2. The Labute approximate surface area is 249 Å². The minimum absolute atomic E-state index is 0.00545. The van der Waals surface area contributed by atoms with Crippen LogP contribution in [0.15, 0.2) is 60.0 Å². The van der Waals surface area contributed by atoms with E-state index in [1.54, 1.807) is 12.0 Å². The van der Waals surface area contributed by atoms with E-state index in [4.69, 9.17) is 17.0 Å². The van der Waals surface area contributed by atoms with Crippen LogP contribution < -0.4 is 15.4 Å². The summed E-state index contributed by atoms with van der Waals surface area (Å²) in [5.41, 5.74) is 1.71. The number of carbonyl (C=O) groups excluding carboxylic acids is 2. The summed E-state index contributed by atoms with van der Waals surface area (Å²) in [6.45, 7) is 0.188. The van der Waals surface area contributed by atoms with Gasteiger partial charge in [0, 0.05) is 12.6 Å². The Balaban J connectivity index is 1.51. The van der Waals surface area contributed by atoms with E-state index in [9.17, 15) is 19.8 Å². The molecule has 1 aliphatic rings. The molecule has 2 aromatic carbocycles. The van der Waals surface area contributed by atoms with Crippen molar-refractivity contribution in [3.05, 3.63) is 75.1 Å². The number of carbonyl (C=O) groups is 2. The number of aromatic nitrogens is 1. The molecule has 1 aromatic heterocycles. The van der Waals surface area contributed by atoms with E-state index in [2.05, 4.69) is 10.6 Å². The Bertz CT molecular complexity index is 1340. The highest BCUT2D eigenvalue weighted by atomic mass is 32.1. The standard InChI is InChI=1S/C30H38N4O5S2/c1-39-24-14-8-9-21(17-24)15-16-33(29(38)31-23-12-6-3-7-13-23)18-25(35)28(22-10-4-2-5-11-22)32-26(36)19-34-27(37)20-41-30(34)40/h2,4-5,8-11,14,17,20,23,25,28,35,37H,3,6-7,12-13,15-16,18-19H2,1H3,(H,31,38)(H,32,36)/t25?,28-/m0/s1. The molecule has 0 radical (unpaired) electrons. The highest BCUT2D eigenvalue weighted by Crippen LogP contribution is 2.22. The molecule has 220 valence electrons. The largest absolute Gasteiger partial charge is 0.497 e. The van der Waals surface area contributed by atoms with Gasteiger partial charge in [-0.2, -0.15) is 0 Å². The summed E-state index contributed by atoms with van der Waals surface area (Å²) in [6.07, 6.45) is 4.70. The minimum Gasteiger partial charge on any atom is -0.497 e. The second kappa shape index (κ2) is 15.0. The molecular weight excluding hydrogens is 560 g/mol. The summed E-state index contributed by atoms with van der Waals surface area (Å²) < 4.78 is 7.06. The molecule has 0 spiro atoms. The van der Waals surface area contributed by atoms with E-state index >= 15 is 0 Å². The van der Waals surface area contributed by atoms with E-state index < -0.39 is 18.1 Å². The van der Waals surface area contributed by atoms with Gasteiger partial charge >= 0.3 is 6.03 Å². The molecule has 1 aliphatic carbocycles. The molecule has 1 fully saturated rings. The summed E-state index contributed by atoms with van der Waals surface area (Å²) in [5, 5.41) is 29.1. The van der Waals surface area contributed by atoms with Crippen molar-refractivity contribution in [2.24, 2.45) is 0 Å². The number of aromatic hydroxyl groups is 1. The van der Waals surface area contributed by atoms with E-state index in [1.165, 1.54) is 27.7 Å². The zero-order valence-corrected chi connectivity index (χ0v) is 24.8. The molecule has 41 heavy (non-hydrogen) atoms. The Morgan fingerprint density at radius 2 is 1.90 bits per heavy atom. The van der Waals surface area contributed by atoms with Crippen LogP contribution in [0.4, 0.5) is 4.79 Å². The molecule has 2 atom stereocenters. The van der Waals surface area contributed by atoms with Gasteiger partial charge in [0.25, 0.3) is 0 Å². The van der Waals surface area contributed by atoms with E-state index in [0.717, 1.165) is 37.0 Å². The lowest BCUT2D eigenvalue weighted by Gasteiger charge is -2.32. The lowest BCUT2D eigenvalue weighted by atomic mass is 9.95. The number of aliphatic hydroxyl groups excluding tert-OH is 1. The Morgan fingerprint density at radius 1 is 1.15 bits per heavy atom. The van der Waals surface area contributed by atoms with Crippen LogP contribution in [0, 0.1) is 3.95 Å². The van der Waals surface area contributed by atoms with Crippen LogP contribution in [-0.2, 0) is 17.8 Å². The van der Waals surface area contributed by atoms with Gasteiger partial charge in [0.2, 0.25) is 11.8 Å². The van der Waals surface area contributed by atoms with Crippen LogP contribution in [0.1, 0.15) is 49.3 Å². The zero-order valence-electron chi connectivity index (χ0n) is 23.2. The fraction of sp³-hybridized carbons (Fsp3) is 0.433. The van der Waals surface area contributed by atoms with Gasteiger partial charge in [-0.25, -0.2) is 4.79 Å². The van der Waals surface area contributed by atoms with Gasteiger partial charge in [0.05, 0.1) is 31.2 Å². The summed E-state index contributed by atoms with van der Waals surface area (Å²) >= 11 is 6.39. The first kappa shape index (κ1) is 30.5. The summed E-state index contributed by atoms with van der Waals surface area (Å²) in [4.78, 5) is 28.2. The van der Waals surface area contributed by atoms with Crippen molar-refractivity contribution in [3.8, 4) is 11.6 Å². The minimum atomic E-state index is -1.10. The second-order valence-corrected chi connectivity index (χ2v) is 11.8. The second-order valence-electron chi connectivity index (χ2n) is 10.3. The maximum atomic E-state index is 13.5. The van der Waals surface area contributed by atoms with Gasteiger partial charge < -0.3 is 30.5 Å². The number of rotatable bonds is 12. The molecule has 1 heterocycles. The highest BCUT2D eigenvalue weighted by Gasteiger charge is 2.28. The number of hydrogen-bond acceptors (Lipinski definition) is 7. The van der Waals surface area contributed by atoms with Gasteiger partial charge in [-0.15, -0.1) is 11.3 Å². The number of nitrogens with one attached hydrogen (secondary N) is 2. The smallest absolute Gasteiger partial charge is 0.317 e. The van der Waals surface area contributed by atoms with Gasteiger partial charge in [0.1, 0.15) is 12.3 Å². The third kappa shape index (κ3) is 8.79. The SMILES string of the molecule is COc1cccc(CCN(CC(O)[C@@H](NC(=O)Cn2c(O)csc2=S)c2ccccc2)C(=O)NC2CCCCC2)c1. The van der Waals surface area contributed by atoms with Crippen molar-refractivity contribution in [1.29, 1.82) is 0 Å². The highest BCUT2D eigenvalue weighted by molar-refractivity contribution is 7.73. The van der Waals surface area contributed by atoms with Crippen LogP contribution in [0.3, 0.4) is 0 Å². The number of aliphatic hydroxyl groups is 1. The molecule has 0 aliphatic heterocycles. The molecule has 0 saturated heterocycles. The van der Waals surface area contributed by atoms with Crippen molar-refractivity contribution >= 4 is 35.5 Å². The van der Waals surface area contributed by atoms with Gasteiger partial charge in [-0.1, -0.05) is 61.7 Å². The molecule has 3 aromatic rings. The number of nitrogens with zero attached hydrogens (tertiary/aromatic N) is 2. The number of amides is 3. The zero-order chi connectivity index (χ0) is 29.2. The normalized spacial score (nSPS) is 15.1. The molecule has 0 bridgehead atoms. The maximum Gasteiger partial charge on any atom is 0.317 e. The molecule has 1 saturated carbocycles. The van der Waals surface area contributed by atoms with Crippen LogP contribution in [0.25, 0.3) is 0 Å². The lowest BCUT2D eigenvalue weighted by molar-refractivity contribution is -0.123. The molecule has 4 N–H and O–H groups in total. The Morgan fingerprint density at radius 3 is 2.59 bits per heavy atom. The monoisotopic (exact) mass is 598 g/mol. The lowest BCUT2D eigenvalue weighted by Crippen LogP contribution is -2.51. The topological polar surface area (TPSA) is 116 Å². The number of methoxy groups -OCH3 is 1. The van der Waals surface area contributed by atoms with Crippen molar-refractivity contribution in [1.82, 2.24) is 20.1 Å². The first-order chi connectivity index (χ1) is 19.8. The quantitative estimate of drug-likeness (QED) is 0.223. The fourth-order valence-electron chi connectivity index (χ4n) is 5.11. The number of thiazole rings is 1. The molecule has 1 unspecified atom stereocenters. The van der Waals surface area contributed by atoms with E-state index in [0.29, 0.717) is 22.5 Å². The van der Waals surface area contributed by atoms with E-state index in [-0.39, 0.29) is 31.0 Å². The average Bonchev–Trinajstić information content (AvgIpc) is 3.31. The molecule has 3 amide bonds. The Hall–Kier alpha value is -3.41. The number of urea groups is 1. The molecule has 4 rings (SSSR count). The Kier molecular flexibility index (Phi) is 11.2.